The van der Waals surface area contributed by atoms with Gasteiger partial charge < -0.3 is 20.1 Å². The maximum Gasteiger partial charge on any atom is 0.342 e. The van der Waals surface area contributed by atoms with Gasteiger partial charge in [0.05, 0.1) is 6.10 Å². The standard InChI is InChI=1S/C18H22O6/c1-11-5-3-2-4-6-13(19)9-14(20)7-12-8-15(21)10-16(22)17(12)18(23)24-11/h2-3,8,10-11,13,19,21-22H,4-7,9H2,1H3/b3-2-/t11-,13-/m1/s1. The van der Waals surface area contributed by atoms with E-state index >= 15 is 0 Å². The fraction of sp³-hybridized carbons (Fsp3) is 0.444. The van der Waals surface area contributed by atoms with E-state index in [4.69, 9.17) is 4.74 Å². The summed E-state index contributed by atoms with van der Waals surface area (Å²) < 4.78 is 5.31. The van der Waals surface area contributed by atoms with Crippen LogP contribution >= 0.6 is 0 Å². The number of carbonyl (C=O) groups is 2. The molecule has 0 saturated carbocycles. The van der Waals surface area contributed by atoms with E-state index in [-0.39, 0.29) is 35.5 Å². The van der Waals surface area contributed by atoms with Crippen LogP contribution in [0.4, 0.5) is 0 Å². The number of aromatic hydroxyl groups is 2. The van der Waals surface area contributed by atoms with Crippen LogP contribution in [-0.4, -0.2) is 39.3 Å². The van der Waals surface area contributed by atoms with Crippen LogP contribution in [0.15, 0.2) is 24.3 Å². The van der Waals surface area contributed by atoms with Crippen LogP contribution < -0.4 is 0 Å². The number of carbonyl (C=O) groups excluding carboxylic acids is 2. The van der Waals surface area contributed by atoms with Crippen molar-refractivity contribution >= 4 is 11.8 Å². The molecule has 0 radical (unpaired) electrons. The molecule has 1 heterocycles. The van der Waals surface area contributed by atoms with Gasteiger partial charge in [-0.15, -0.1) is 0 Å². The summed E-state index contributed by atoms with van der Waals surface area (Å²) in [5.41, 5.74) is 0.0676. The number of Topliss-reactive ketones (excluding diaryl/α,β-unsaturated/α-hetero) is 1. The molecule has 0 unspecified atom stereocenters. The van der Waals surface area contributed by atoms with Gasteiger partial charge in [-0.25, -0.2) is 4.79 Å². The second-order valence-electron chi connectivity index (χ2n) is 6.07. The first-order valence-electron chi connectivity index (χ1n) is 7.97. The van der Waals surface area contributed by atoms with Crippen molar-refractivity contribution in [3.8, 4) is 11.5 Å². The summed E-state index contributed by atoms with van der Waals surface area (Å²) in [7, 11) is 0. The van der Waals surface area contributed by atoms with E-state index in [1.807, 2.05) is 12.2 Å². The summed E-state index contributed by atoms with van der Waals surface area (Å²) in [5, 5.41) is 29.5. The van der Waals surface area contributed by atoms with Crippen molar-refractivity contribution in [2.24, 2.45) is 0 Å². The molecule has 0 spiro atoms. The minimum absolute atomic E-state index is 0.0465. The third-order valence-electron chi connectivity index (χ3n) is 3.85. The van der Waals surface area contributed by atoms with Gasteiger partial charge in [0.15, 0.2) is 0 Å². The monoisotopic (exact) mass is 334 g/mol. The largest absolute Gasteiger partial charge is 0.508 e. The van der Waals surface area contributed by atoms with Crippen LogP contribution in [0.1, 0.15) is 48.5 Å². The first kappa shape index (κ1) is 18.0. The lowest BCUT2D eigenvalue weighted by molar-refractivity contribution is -0.120. The van der Waals surface area contributed by atoms with Gasteiger partial charge in [-0.3, -0.25) is 4.79 Å². The molecule has 6 nitrogen and oxygen atoms in total. The van der Waals surface area contributed by atoms with Crippen molar-refractivity contribution in [2.45, 2.75) is 51.2 Å². The molecule has 1 aliphatic rings. The smallest absolute Gasteiger partial charge is 0.342 e. The lowest BCUT2D eigenvalue weighted by Gasteiger charge is -2.16. The number of allylic oxidation sites excluding steroid dienone is 1. The maximum atomic E-state index is 12.3. The average Bonchev–Trinajstić information content (AvgIpc) is 2.44. The maximum absolute atomic E-state index is 12.3. The summed E-state index contributed by atoms with van der Waals surface area (Å²) in [6.45, 7) is 1.73. The van der Waals surface area contributed by atoms with Crippen molar-refractivity contribution in [1.29, 1.82) is 0 Å². The second-order valence-corrected chi connectivity index (χ2v) is 6.07. The van der Waals surface area contributed by atoms with Crippen LogP contribution in [0, 0.1) is 0 Å². The van der Waals surface area contributed by atoms with Gasteiger partial charge in [-0.2, -0.15) is 0 Å². The van der Waals surface area contributed by atoms with Crippen molar-refractivity contribution in [1.82, 2.24) is 0 Å². The van der Waals surface area contributed by atoms with Crippen LogP contribution in [0.3, 0.4) is 0 Å². The van der Waals surface area contributed by atoms with Gasteiger partial charge in [-0.05, 0) is 31.4 Å². The zero-order chi connectivity index (χ0) is 17.7. The first-order chi connectivity index (χ1) is 11.4. The van der Waals surface area contributed by atoms with Gasteiger partial charge in [0.25, 0.3) is 0 Å². The minimum Gasteiger partial charge on any atom is -0.508 e. The molecule has 0 fully saturated rings. The zero-order valence-electron chi connectivity index (χ0n) is 13.6. The molecule has 1 aliphatic heterocycles. The molecule has 3 N–H and O–H groups in total. The van der Waals surface area contributed by atoms with Crippen molar-refractivity contribution < 1.29 is 29.6 Å². The van der Waals surface area contributed by atoms with E-state index in [0.29, 0.717) is 19.3 Å². The highest BCUT2D eigenvalue weighted by molar-refractivity contribution is 5.96. The molecule has 0 aliphatic carbocycles. The molecule has 1 aromatic carbocycles. The second kappa shape index (κ2) is 7.97. The topological polar surface area (TPSA) is 104 Å². The predicted molar refractivity (Wildman–Crippen MR) is 87.0 cm³/mol. The van der Waals surface area contributed by atoms with E-state index in [2.05, 4.69) is 0 Å². The molecule has 1 aromatic rings. The number of fused-ring (bicyclic) bond motifs is 1. The molecule has 0 amide bonds. The number of aliphatic hydroxyl groups is 1. The fourth-order valence-corrected chi connectivity index (χ4v) is 2.68. The van der Waals surface area contributed by atoms with Gasteiger partial charge in [0.1, 0.15) is 28.9 Å². The van der Waals surface area contributed by atoms with Crippen molar-refractivity contribution in [3.05, 3.63) is 35.4 Å². The lowest BCUT2D eigenvalue weighted by Crippen LogP contribution is -2.19. The number of aliphatic hydroxyl groups excluding tert-OH is 1. The quantitative estimate of drug-likeness (QED) is 0.496. The summed E-state index contributed by atoms with van der Waals surface area (Å²) in [4.78, 5) is 24.5. The first-order valence-corrected chi connectivity index (χ1v) is 7.97. The Kier molecular flexibility index (Phi) is 5.98. The van der Waals surface area contributed by atoms with Crippen LogP contribution in [-0.2, 0) is 16.0 Å². The van der Waals surface area contributed by atoms with Crippen LogP contribution in [0.2, 0.25) is 0 Å². The Morgan fingerprint density at radius 1 is 1.17 bits per heavy atom. The molecule has 24 heavy (non-hydrogen) atoms. The summed E-state index contributed by atoms with van der Waals surface area (Å²) >= 11 is 0. The van der Waals surface area contributed by atoms with E-state index in [1.54, 1.807) is 6.92 Å². The van der Waals surface area contributed by atoms with Crippen molar-refractivity contribution in [2.75, 3.05) is 0 Å². The van der Waals surface area contributed by atoms with Gasteiger partial charge in [0.2, 0.25) is 0 Å². The van der Waals surface area contributed by atoms with Crippen LogP contribution in [0.5, 0.6) is 11.5 Å². The fourth-order valence-electron chi connectivity index (χ4n) is 2.68. The molecule has 0 aromatic heterocycles. The van der Waals surface area contributed by atoms with Crippen LogP contribution in [0.25, 0.3) is 0 Å². The Balaban J connectivity index is 2.37. The minimum atomic E-state index is -0.760. The third-order valence-corrected chi connectivity index (χ3v) is 3.85. The molecular formula is C18H22O6. The number of phenols is 2. The number of ketones is 1. The van der Waals surface area contributed by atoms with Gasteiger partial charge >= 0.3 is 5.97 Å². The highest BCUT2D eigenvalue weighted by atomic mass is 16.5. The lowest BCUT2D eigenvalue weighted by atomic mass is 9.97. The molecule has 130 valence electrons. The molecular weight excluding hydrogens is 312 g/mol. The highest BCUT2D eigenvalue weighted by Crippen LogP contribution is 2.29. The van der Waals surface area contributed by atoms with Gasteiger partial charge in [0, 0.05) is 25.3 Å². The van der Waals surface area contributed by atoms with Crippen molar-refractivity contribution in [3.63, 3.8) is 0 Å². The molecule has 2 atom stereocenters. The average molecular weight is 334 g/mol. The molecule has 0 bridgehead atoms. The Morgan fingerprint density at radius 2 is 1.92 bits per heavy atom. The number of phenolic OH excluding ortho intramolecular Hbond substituents is 2. The SMILES string of the molecule is C[C@@H]1C/C=C\CC[C@@H](O)CC(=O)Cc2cc(O)cc(O)c2C(=O)O1. The number of hydrogen-bond acceptors (Lipinski definition) is 6. The Hall–Kier alpha value is -2.34. The highest BCUT2D eigenvalue weighted by Gasteiger charge is 2.23. The summed E-state index contributed by atoms with van der Waals surface area (Å²) in [6.07, 6.45) is 3.96. The van der Waals surface area contributed by atoms with E-state index < -0.39 is 23.9 Å². The molecule has 6 heteroatoms. The zero-order valence-corrected chi connectivity index (χ0v) is 13.6. The van der Waals surface area contributed by atoms with E-state index in [1.165, 1.54) is 6.07 Å². The number of esters is 1. The Bertz CT molecular complexity index is 649. The number of benzene rings is 1. The van der Waals surface area contributed by atoms with Gasteiger partial charge in [-0.1, -0.05) is 12.2 Å². The summed E-state index contributed by atoms with van der Waals surface area (Å²) in [5.74, 6) is -1.70. The molecule has 2 rings (SSSR count). The summed E-state index contributed by atoms with van der Waals surface area (Å²) in [6, 6.07) is 2.30. The number of cyclic esters (lactones) is 1. The third kappa shape index (κ3) is 4.83. The normalized spacial score (nSPS) is 24.6. The predicted octanol–water partition coefficient (Wildman–Crippen LogP) is 2.25. The number of rotatable bonds is 0. The Labute approximate surface area is 140 Å². The number of hydrogen-bond donors (Lipinski definition) is 3. The van der Waals surface area contributed by atoms with E-state index in [0.717, 1.165) is 6.07 Å². The number of ether oxygens (including phenoxy) is 1. The van der Waals surface area contributed by atoms with E-state index in [9.17, 15) is 24.9 Å². The molecule has 0 saturated heterocycles. The Morgan fingerprint density at radius 3 is 2.67 bits per heavy atom.